The summed E-state index contributed by atoms with van der Waals surface area (Å²) in [5.41, 5.74) is 0.463. The zero-order chi connectivity index (χ0) is 23.2. The Bertz CT molecular complexity index is 1140. The molecule has 1 aromatic carbocycles. The second kappa shape index (κ2) is 8.70. The van der Waals surface area contributed by atoms with Gasteiger partial charge in [-0.15, -0.1) is 11.3 Å². The van der Waals surface area contributed by atoms with E-state index in [0.717, 1.165) is 48.4 Å². The lowest BCUT2D eigenvalue weighted by atomic mass is 9.53. The first kappa shape index (κ1) is 22.9. The molecule has 4 bridgehead atoms. The summed E-state index contributed by atoms with van der Waals surface area (Å²) in [6.45, 7) is -0.317. The van der Waals surface area contributed by atoms with Gasteiger partial charge in [0.1, 0.15) is 4.21 Å². The summed E-state index contributed by atoms with van der Waals surface area (Å²) in [6, 6.07) is 9.11. The largest absolute Gasteiger partial charge is 0.452 e. The van der Waals surface area contributed by atoms with Crippen molar-refractivity contribution in [2.24, 2.45) is 17.8 Å². The van der Waals surface area contributed by atoms with Gasteiger partial charge in [-0.2, -0.15) is 0 Å². The van der Waals surface area contributed by atoms with Gasteiger partial charge >= 0.3 is 5.97 Å². The molecule has 0 spiro atoms. The second-order valence-corrected chi connectivity index (χ2v) is 13.9. The summed E-state index contributed by atoms with van der Waals surface area (Å²) in [5, 5.41) is 3.19. The number of amides is 1. The molecule has 4 saturated carbocycles. The van der Waals surface area contributed by atoms with Crippen molar-refractivity contribution in [3.8, 4) is 0 Å². The number of hydrogen-bond donors (Lipinski definition) is 2. The van der Waals surface area contributed by atoms with E-state index in [9.17, 15) is 18.0 Å². The lowest BCUT2D eigenvalue weighted by Crippen LogP contribution is -2.60. The van der Waals surface area contributed by atoms with E-state index in [1.54, 1.807) is 6.07 Å². The van der Waals surface area contributed by atoms with Crippen molar-refractivity contribution in [1.29, 1.82) is 0 Å². The third-order valence-electron chi connectivity index (χ3n) is 6.96. The molecule has 2 aromatic rings. The molecule has 33 heavy (non-hydrogen) atoms. The van der Waals surface area contributed by atoms with Crippen LogP contribution in [0.3, 0.4) is 0 Å². The molecule has 0 atom stereocenters. The van der Waals surface area contributed by atoms with Crippen LogP contribution in [0.1, 0.15) is 48.9 Å². The van der Waals surface area contributed by atoms with Crippen molar-refractivity contribution < 1.29 is 22.7 Å². The number of esters is 1. The summed E-state index contributed by atoms with van der Waals surface area (Å²) in [4.78, 5) is 24.9. The number of sulfonamides is 1. The summed E-state index contributed by atoms with van der Waals surface area (Å²) >= 11 is 4.36. The van der Waals surface area contributed by atoms with Crippen LogP contribution in [0.25, 0.3) is 0 Å². The summed E-state index contributed by atoms with van der Waals surface area (Å²) < 4.78 is 33.4. The van der Waals surface area contributed by atoms with Crippen LogP contribution >= 0.6 is 27.3 Å². The van der Waals surface area contributed by atoms with Crippen molar-refractivity contribution in [3.05, 3.63) is 45.7 Å². The fraction of sp³-hybridized carbons (Fsp3) is 0.478. The lowest BCUT2D eigenvalue weighted by Gasteiger charge is -2.56. The number of thiophene rings is 1. The van der Waals surface area contributed by atoms with Gasteiger partial charge in [-0.25, -0.2) is 13.2 Å². The lowest BCUT2D eigenvalue weighted by molar-refractivity contribution is -0.130. The van der Waals surface area contributed by atoms with Crippen LogP contribution in [0.5, 0.6) is 0 Å². The fourth-order valence-corrected chi connectivity index (χ4v) is 9.20. The number of hydrogen-bond acceptors (Lipinski definition) is 6. The predicted octanol–water partition coefficient (Wildman–Crippen LogP) is 4.55. The molecule has 6 rings (SSSR count). The van der Waals surface area contributed by atoms with Crippen molar-refractivity contribution in [3.63, 3.8) is 0 Å². The first-order valence-electron chi connectivity index (χ1n) is 11.1. The van der Waals surface area contributed by atoms with Crippen molar-refractivity contribution in [2.45, 2.75) is 48.3 Å². The van der Waals surface area contributed by atoms with E-state index in [1.165, 1.54) is 49.6 Å². The number of anilines is 1. The Morgan fingerprint density at radius 1 is 1.00 bits per heavy atom. The Labute approximate surface area is 205 Å². The van der Waals surface area contributed by atoms with Gasteiger partial charge in [0, 0.05) is 11.2 Å². The molecular weight excluding hydrogens is 528 g/mol. The average molecular weight is 554 g/mol. The number of nitrogens with one attached hydrogen (secondary N) is 2. The third-order valence-corrected chi connectivity index (χ3v) is 10.5. The summed E-state index contributed by atoms with van der Waals surface area (Å²) in [6.07, 6.45) is 7.00. The average Bonchev–Trinajstić information content (AvgIpc) is 3.18. The number of halogens is 1. The number of ether oxygens (including phenoxy) is 1. The summed E-state index contributed by atoms with van der Waals surface area (Å²) in [5.74, 6) is 1.29. The smallest absolute Gasteiger partial charge is 0.338 e. The molecule has 176 valence electrons. The minimum atomic E-state index is -3.70. The quantitative estimate of drug-likeness (QED) is 0.490. The number of benzene rings is 1. The molecule has 0 saturated heterocycles. The Balaban J connectivity index is 1.14. The number of carbonyl (C=O) groups is 2. The molecule has 7 nitrogen and oxygen atoms in total. The first-order chi connectivity index (χ1) is 15.7. The fourth-order valence-electron chi connectivity index (χ4n) is 6.13. The Morgan fingerprint density at radius 2 is 1.61 bits per heavy atom. The molecule has 4 aliphatic carbocycles. The molecule has 1 heterocycles. The normalized spacial score (nSPS) is 27.8. The Hall–Kier alpha value is -1.91. The van der Waals surface area contributed by atoms with E-state index in [0.29, 0.717) is 9.47 Å². The molecule has 0 unspecified atom stereocenters. The molecule has 4 fully saturated rings. The molecule has 2 N–H and O–H groups in total. The number of carbonyl (C=O) groups excluding carboxylic acids is 2. The van der Waals surface area contributed by atoms with Gasteiger partial charge in [0.2, 0.25) is 0 Å². The van der Waals surface area contributed by atoms with Gasteiger partial charge in [0.25, 0.3) is 15.9 Å². The van der Waals surface area contributed by atoms with Gasteiger partial charge in [-0.1, -0.05) is 0 Å². The Kier molecular flexibility index (Phi) is 6.03. The highest BCUT2D eigenvalue weighted by Crippen LogP contribution is 2.55. The summed E-state index contributed by atoms with van der Waals surface area (Å²) in [7, 11) is -3.70. The standard InChI is InChI=1S/C23H25BrN2O5S2/c24-19-5-6-21(32-19)33(29,30)26-18-3-1-17(2-4-18)22(28)31-13-20(27)25-23-10-14-7-15(11-23)9-16(8-14)12-23/h1-6,14-16,26H,7-13H2,(H,25,27). The molecule has 0 radical (unpaired) electrons. The third kappa shape index (κ3) is 4.97. The second-order valence-electron chi connectivity index (χ2n) is 9.56. The van der Waals surface area contributed by atoms with E-state index in [-0.39, 0.29) is 27.8 Å². The zero-order valence-corrected chi connectivity index (χ0v) is 21.1. The van der Waals surface area contributed by atoms with Crippen molar-refractivity contribution >= 4 is 54.9 Å². The van der Waals surface area contributed by atoms with Gasteiger partial charge < -0.3 is 10.1 Å². The zero-order valence-electron chi connectivity index (χ0n) is 17.9. The Morgan fingerprint density at radius 3 is 2.15 bits per heavy atom. The van der Waals surface area contributed by atoms with Gasteiger partial charge in [-0.05, 0) is 109 Å². The molecule has 4 aliphatic rings. The van der Waals surface area contributed by atoms with Gasteiger partial charge in [0.05, 0.1) is 9.35 Å². The van der Waals surface area contributed by atoms with E-state index < -0.39 is 16.0 Å². The predicted molar refractivity (Wildman–Crippen MR) is 129 cm³/mol. The molecule has 1 amide bonds. The monoisotopic (exact) mass is 552 g/mol. The van der Waals surface area contributed by atoms with E-state index in [1.807, 2.05) is 0 Å². The maximum absolute atomic E-state index is 12.5. The van der Waals surface area contributed by atoms with Crippen LogP contribution < -0.4 is 10.0 Å². The number of rotatable bonds is 7. The van der Waals surface area contributed by atoms with Crippen LogP contribution in [-0.4, -0.2) is 32.4 Å². The van der Waals surface area contributed by atoms with Crippen molar-refractivity contribution in [1.82, 2.24) is 5.32 Å². The highest BCUT2D eigenvalue weighted by molar-refractivity contribution is 9.11. The van der Waals surface area contributed by atoms with E-state index in [4.69, 9.17) is 4.74 Å². The van der Waals surface area contributed by atoms with Crippen LogP contribution in [0.15, 0.2) is 44.4 Å². The van der Waals surface area contributed by atoms with E-state index in [2.05, 4.69) is 26.0 Å². The SMILES string of the molecule is O=C(COC(=O)c1ccc(NS(=O)(=O)c2ccc(Br)s2)cc1)NC12CC3CC(CC(C3)C1)C2. The highest BCUT2D eigenvalue weighted by Gasteiger charge is 2.51. The van der Waals surface area contributed by atoms with Gasteiger partial charge in [-0.3, -0.25) is 9.52 Å². The minimum Gasteiger partial charge on any atom is -0.452 e. The maximum atomic E-state index is 12.5. The molecule has 10 heteroatoms. The van der Waals surface area contributed by atoms with Crippen LogP contribution in [0.2, 0.25) is 0 Å². The first-order valence-corrected chi connectivity index (χ1v) is 14.2. The minimum absolute atomic E-state index is 0.116. The van der Waals surface area contributed by atoms with Crippen LogP contribution in [0, 0.1) is 17.8 Å². The molecule has 1 aromatic heterocycles. The molecule has 0 aliphatic heterocycles. The van der Waals surface area contributed by atoms with Crippen molar-refractivity contribution in [2.75, 3.05) is 11.3 Å². The van der Waals surface area contributed by atoms with Gasteiger partial charge in [0.15, 0.2) is 6.61 Å². The van der Waals surface area contributed by atoms with Crippen LogP contribution in [-0.2, 0) is 19.6 Å². The topological polar surface area (TPSA) is 102 Å². The van der Waals surface area contributed by atoms with E-state index >= 15 is 0 Å². The molecular formula is C23H25BrN2O5S2. The van der Waals surface area contributed by atoms with Crippen LogP contribution in [0.4, 0.5) is 5.69 Å². The maximum Gasteiger partial charge on any atom is 0.338 e. The highest BCUT2D eigenvalue weighted by atomic mass is 79.9.